The molecule has 0 aliphatic heterocycles. The first-order valence-electron chi connectivity index (χ1n) is 10.2. The second kappa shape index (κ2) is 10.7. The zero-order valence-electron chi connectivity index (χ0n) is 18.1. The molecule has 0 bridgehead atoms. The second-order valence-electron chi connectivity index (χ2n) is 7.32. The summed E-state index contributed by atoms with van der Waals surface area (Å²) in [7, 11) is -2.09. The number of nitrogens with one attached hydrogen (secondary N) is 3. The van der Waals surface area contributed by atoms with Crippen LogP contribution in [0.1, 0.15) is 11.1 Å². The Balaban J connectivity index is 1.51. The SMILES string of the molecule is Cc1cccc(NCCN(C)S(=O)(=O)c2ccc(NC(=O)NCc3cccnc3)cc2)c1. The van der Waals surface area contributed by atoms with Gasteiger partial charge in [0.1, 0.15) is 0 Å². The number of amides is 2. The highest BCUT2D eigenvalue weighted by molar-refractivity contribution is 7.89. The number of anilines is 2. The van der Waals surface area contributed by atoms with Gasteiger partial charge in [0, 0.05) is 50.5 Å². The maximum absolute atomic E-state index is 12.8. The fourth-order valence-corrected chi connectivity index (χ4v) is 4.15. The van der Waals surface area contributed by atoms with Crippen LogP contribution in [0.3, 0.4) is 0 Å². The zero-order valence-corrected chi connectivity index (χ0v) is 18.9. The molecular weight excluding hydrogens is 426 g/mol. The summed E-state index contributed by atoms with van der Waals surface area (Å²) in [5.74, 6) is 0. The van der Waals surface area contributed by atoms with Gasteiger partial charge in [-0.25, -0.2) is 13.2 Å². The molecule has 0 aliphatic carbocycles. The third kappa shape index (κ3) is 6.53. The summed E-state index contributed by atoms with van der Waals surface area (Å²) in [4.78, 5) is 16.2. The summed E-state index contributed by atoms with van der Waals surface area (Å²) in [6.45, 7) is 3.14. The molecule has 0 aliphatic rings. The van der Waals surface area contributed by atoms with Crippen molar-refractivity contribution in [3.8, 4) is 0 Å². The van der Waals surface area contributed by atoms with Crippen LogP contribution in [-0.2, 0) is 16.6 Å². The van der Waals surface area contributed by atoms with Crippen LogP contribution in [0.25, 0.3) is 0 Å². The molecule has 0 unspecified atom stereocenters. The molecule has 0 fully saturated rings. The van der Waals surface area contributed by atoms with Crippen LogP contribution in [0.2, 0.25) is 0 Å². The van der Waals surface area contributed by atoms with Gasteiger partial charge in [0.15, 0.2) is 0 Å². The zero-order chi connectivity index (χ0) is 23.0. The maximum Gasteiger partial charge on any atom is 0.319 e. The largest absolute Gasteiger partial charge is 0.384 e. The molecule has 2 amide bonds. The van der Waals surface area contributed by atoms with Crippen molar-refractivity contribution in [2.75, 3.05) is 30.8 Å². The Morgan fingerprint density at radius 3 is 2.50 bits per heavy atom. The standard InChI is InChI=1S/C23H27N5O3S/c1-18-5-3-7-21(15-18)25-13-14-28(2)32(30,31)22-10-8-20(9-11-22)27-23(29)26-17-19-6-4-12-24-16-19/h3-12,15-16,25H,13-14,17H2,1-2H3,(H2,26,27,29). The van der Waals surface area contributed by atoms with E-state index in [1.807, 2.05) is 37.3 Å². The van der Waals surface area contributed by atoms with E-state index in [1.54, 1.807) is 37.6 Å². The van der Waals surface area contributed by atoms with Gasteiger partial charge in [-0.3, -0.25) is 4.98 Å². The lowest BCUT2D eigenvalue weighted by molar-refractivity contribution is 0.251. The highest BCUT2D eigenvalue weighted by atomic mass is 32.2. The van der Waals surface area contributed by atoms with E-state index in [1.165, 1.54) is 16.4 Å². The number of carbonyl (C=O) groups excluding carboxylic acids is 1. The number of benzene rings is 2. The minimum atomic E-state index is -3.64. The van der Waals surface area contributed by atoms with Crippen molar-refractivity contribution in [1.82, 2.24) is 14.6 Å². The van der Waals surface area contributed by atoms with Crippen molar-refractivity contribution < 1.29 is 13.2 Å². The molecular formula is C23H27N5O3S. The van der Waals surface area contributed by atoms with E-state index >= 15 is 0 Å². The number of rotatable bonds is 9. The summed E-state index contributed by atoms with van der Waals surface area (Å²) in [5.41, 5.74) is 3.46. The van der Waals surface area contributed by atoms with Gasteiger partial charge < -0.3 is 16.0 Å². The van der Waals surface area contributed by atoms with Crippen LogP contribution in [-0.4, -0.2) is 43.9 Å². The summed E-state index contributed by atoms with van der Waals surface area (Å²) in [5, 5.41) is 8.65. The van der Waals surface area contributed by atoms with Gasteiger partial charge in [0.2, 0.25) is 10.0 Å². The number of urea groups is 1. The minimum Gasteiger partial charge on any atom is -0.384 e. The van der Waals surface area contributed by atoms with Gasteiger partial charge in [0.05, 0.1) is 4.90 Å². The molecule has 0 saturated carbocycles. The molecule has 3 N–H and O–H groups in total. The van der Waals surface area contributed by atoms with E-state index in [4.69, 9.17) is 0 Å². The van der Waals surface area contributed by atoms with Gasteiger partial charge in [-0.15, -0.1) is 0 Å². The topological polar surface area (TPSA) is 103 Å². The number of hydrogen-bond acceptors (Lipinski definition) is 5. The van der Waals surface area contributed by atoms with Crippen LogP contribution >= 0.6 is 0 Å². The van der Waals surface area contributed by atoms with Crippen molar-refractivity contribution in [3.63, 3.8) is 0 Å². The Hall–Kier alpha value is -3.43. The number of pyridine rings is 1. The van der Waals surface area contributed by atoms with Gasteiger partial charge >= 0.3 is 6.03 Å². The van der Waals surface area contributed by atoms with Crippen LogP contribution < -0.4 is 16.0 Å². The summed E-state index contributed by atoms with van der Waals surface area (Å²) in [6, 6.07) is 17.3. The number of likely N-dealkylation sites (N-methyl/N-ethyl adjacent to an activating group) is 1. The van der Waals surface area contributed by atoms with E-state index in [2.05, 4.69) is 20.9 Å². The Labute approximate surface area is 188 Å². The third-order valence-corrected chi connectivity index (χ3v) is 6.64. The normalized spacial score (nSPS) is 11.2. The molecule has 3 rings (SSSR count). The van der Waals surface area contributed by atoms with E-state index in [0.29, 0.717) is 25.3 Å². The van der Waals surface area contributed by atoms with Crippen molar-refractivity contribution in [2.45, 2.75) is 18.4 Å². The fraction of sp³-hybridized carbons (Fsp3) is 0.217. The monoisotopic (exact) mass is 453 g/mol. The summed E-state index contributed by atoms with van der Waals surface area (Å²) in [6.07, 6.45) is 3.34. The molecule has 1 heterocycles. The quantitative estimate of drug-likeness (QED) is 0.460. The van der Waals surface area contributed by atoms with E-state index < -0.39 is 10.0 Å². The van der Waals surface area contributed by atoms with E-state index in [-0.39, 0.29) is 10.9 Å². The second-order valence-corrected chi connectivity index (χ2v) is 9.36. The van der Waals surface area contributed by atoms with E-state index in [0.717, 1.165) is 16.8 Å². The van der Waals surface area contributed by atoms with Crippen LogP contribution in [0.15, 0.2) is 78.0 Å². The highest BCUT2D eigenvalue weighted by Crippen LogP contribution is 2.18. The number of aryl methyl sites for hydroxylation is 1. The lowest BCUT2D eigenvalue weighted by Gasteiger charge is -2.18. The van der Waals surface area contributed by atoms with Gasteiger partial charge in [-0.05, 0) is 60.5 Å². The fourth-order valence-electron chi connectivity index (χ4n) is 2.98. The smallest absolute Gasteiger partial charge is 0.319 e. The molecule has 8 nitrogen and oxygen atoms in total. The number of sulfonamides is 1. The van der Waals surface area contributed by atoms with Crippen LogP contribution in [0, 0.1) is 6.92 Å². The van der Waals surface area contributed by atoms with Crippen LogP contribution in [0.4, 0.5) is 16.2 Å². The molecule has 9 heteroatoms. The van der Waals surface area contributed by atoms with E-state index in [9.17, 15) is 13.2 Å². The van der Waals surface area contributed by atoms with Crippen molar-refractivity contribution in [2.24, 2.45) is 0 Å². The van der Waals surface area contributed by atoms with Crippen molar-refractivity contribution in [1.29, 1.82) is 0 Å². The minimum absolute atomic E-state index is 0.164. The first-order chi connectivity index (χ1) is 15.3. The molecule has 0 spiro atoms. The maximum atomic E-state index is 12.8. The molecule has 0 radical (unpaired) electrons. The molecule has 2 aromatic carbocycles. The van der Waals surface area contributed by atoms with Gasteiger partial charge in [-0.2, -0.15) is 4.31 Å². The van der Waals surface area contributed by atoms with Gasteiger partial charge in [0.25, 0.3) is 0 Å². The Kier molecular flexibility index (Phi) is 7.80. The van der Waals surface area contributed by atoms with Crippen LogP contribution in [0.5, 0.6) is 0 Å². The van der Waals surface area contributed by atoms with Crippen molar-refractivity contribution >= 4 is 27.4 Å². The average Bonchev–Trinajstić information content (AvgIpc) is 2.79. The average molecular weight is 454 g/mol. The predicted molar refractivity (Wildman–Crippen MR) is 126 cm³/mol. The first-order valence-corrected chi connectivity index (χ1v) is 11.6. The molecule has 0 atom stereocenters. The Morgan fingerprint density at radius 2 is 1.81 bits per heavy atom. The molecule has 32 heavy (non-hydrogen) atoms. The molecule has 1 aromatic heterocycles. The van der Waals surface area contributed by atoms with Crippen molar-refractivity contribution in [3.05, 3.63) is 84.2 Å². The number of nitrogens with zero attached hydrogens (tertiary/aromatic N) is 2. The Bertz CT molecular complexity index is 1140. The third-order valence-electron chi connectivity index (χ3n) is 4.77. The Morgan fingerprint density at radius 1 is 1.03 bits per heavy atom. The molecule has 168 valence electrons. The summed E-state index contributed by atoms with van der Waals surface area (Å²) < 4.78 is 26.9. The lowest BCUT2D eigenvalue weighted by atomic mass is 10.2. The first kappa shape index (κ1) is 23.2. The number of aromatic nitrogens is 1. The van der Waals surface area contributed by atoms with Gasteiger partial charge in [-0.1, -0.05) is 18.2 Å². The summed E-state index contributed by atoms with van der Waals surface area (Å²) >= 11 is 0. The lowest BCUT2D eigenvalue weighted by Crippen LogP contribution is -2.31. The number of hydrogen-bond donors (Lipinski definition) is 3. The predicted octanol–water partition coefficient (Wildman–Crippen LogP) is 3.44. The molecule has 0 saturated heterocycles. The molecule has 3 aromatic rings. The highest BCUT2D eigenvalue weighted by Gasteiger charge is 2.20. The number of carbonyl (C=O) groups is 1.